The zero-order valence-electron chi connectivity index (χ0n) is 18.4. The topological polar surface area (TPSA) is 26.3 Å². The van der Waals surface area contributed by atoms with Gasteiger partial charge in [0.2, 0.25) is 0 Å². The maximum Gasteiger partial charge on any atom is 0.309 e. The lowest BCUT2D eigenvalue weighted by Gasteiger charge is -2.31. The maximum absolute atomic E-state index is 12.5. The normalized spacial score (nSPS) is 28.8. The molecule has 0 atom stereocenters. The second-order valence-electron chi connectivity index (χ2n) is 9.50. The summed E-state index contributed by atoms with van der Waals surface area (Å²) in [6.07, 6.45) is 23.4. The zero-order valence-corrected chi connectivity index (χ0v) is 18.4. The highest BCUT2D eigenvalue weighted by molar-refractivity contribution is 5.72. The van der Waals surface area contributed by atoms with Crippen LogP contribution in [0.1, 0.15) is 129 Å². The Labute approximate surface area is 169 Å². The molecule has 0 aliphatic heterocycles. The first kappa shape index (κ1) is 22.8. The fraction of sp³-hybridized carbons (Fsp3) is 0.960. The highest BCUT2D eigenvalue weighted by Crippen LogP contribution is 2.34. The Morgan fingerprint density at radius 1 is 0.667 bits per heavy atom. The van der Waals surface area contributed by atoms with Crippen LogP contribution in [0.15, 0.2) is 0 Å². The van der Waals surface area contributed by atoms with Crippen LogP contribution in [0.25, 0.3) is 0 Å². The van der Waals surface area contributed by atoms with E-state index in [9.17, 15) is 4.79 Å². The van der Waals surface area contributed by atoms with E-state index in [1.165, 1.54) is 89.9 Å². The minimum Gasteiger partial charge on any atom is -0.462 e. The van der Waals surface area contributed by atoms with Crippen molar-refractivity contribution >= 4 is 5.97 Å². The second kappa shape index (κ2) is 13.6. The first-order valence-corrected chi connectivity index (χ1v) is 12.4. The summed E-state index contributed by atoms with van der Waals surface area (Å²) in [6.45, 7) is 4.56. The van der Waals surface area contributed by atoms with E-state index < -0.39 is 0 Å². The third-order valence-corrected chi connectivity index (χ3v) is 7.17. The van der Waals surface area contributed by atoms with Crippen molar-refractivity contribution in [1.82, 2.24) is 0 Å². The van der Waals surface area contributed by atoms with Crippen LogP contribution in [-0.4, -0.2) is 12.1 Å². The van der Waals surface area contributed by atoms with Gasteiger partial charge in [-0.25, -0.2) is 0 Å². The molecule has 2 aliphatic rings. The first-order valence-electron chi connectivity index (χ1n) is 12.4. The quantitative estimate of drug-likeness (QED) is 0.255. The third kappa shape index (κ3) is 9.01. The van der Waals surface area contributed by atoms with Gasteiger partial charge in [-0.2, -0.15) is 0 Å². The summed E-state index contributed by atoms with van der Waals surface area (Å²) in [5, 5.41) is 0. The standard InChI is InChI=1S/C25H46O2/c1-3-5-6-7-8-9-10-12-22-13-17-23(18-14-22)25(26)27-24-19-15-21(11-4-2)16-20-24/h21-24H,3-20H2,1-2H3. The van der Waals surface area contributed by atoms with Crippen molar-refractivity contribution in [1.29, 1.82) is 0 Å². The van der Waals surface area contributed by atoms with Gasteiger partial charge >= 0.3 is 5.97 Å². The summed E-state index contributed by atoms with van der Waals surface area (Å²) in [5.74, 6) is 2.08. The Morgan fingerprint density at radius 2 is 1.22 bits per heavy atom. The average Bonchev–Trinajstić information content (AvgIpc) is 2.69. The van der Waals surface area contributed by atoms with Crippen LogP contribution < -0.4 is 0 Å². The number of ether oxygens (including phenoxy) is 1. The zero-order chi connectivity index (χ0) is 19.3. The fourth-order valence-electron chi connectivity index (χ4n) is 5.28. The average molecular weight is 379 g/mol. The van der Waals surface area contributed by atoms with Crippen LogP contribution in [-0.2, 0) is 9.53 Å². The Hall–Kier alpha value is -0.530. The summed E-state index contributed by atoms with van der Waals surface area (Å²) in [4.78, 5) is 12.5. The minimum absolute atomic E-state index is 0.128. The molecule has 0 radical (unpaired) electrons. The van der Waals surface area contributed by atoms with Crippen molar-refractivity contribution in [2.45, 2.75) is 136 Å². The van der Waals surface area contributed by atoms with Crippen LogP contribution in [0.3, 0.4) is 0 Å². The van der Waals surface area contributed by atoms with Gasteiger partial charge in [0, 0.05) is 0 Å². The molecule has 27 heavy (non-hydrogen) atoms. The van der Waals surface area contributed by atoms with E-state index in [0.717, 1.165) is 37.5 Å². The van der Waals surface area contributed by atoms with Crippen molar-refractivity contribution in [3.63, 3.8) is 0 Å². The molecule has 0 N–H and O–H groups in total. The lowest BCUT2D eigenvalue weighted by Crippen LogP contribution is -2.30. The highest BCUT2D eigenvalue weighted by atomic mass is 16.5. The van der Waals surface area contributed by atoms with Gasteiger partial charge < -0.3 is 4.74 Å². The minimum atomic E-state index is 0.128. The second-order valence-corrected chi connectivity index (χ2v) is 9.50. The molecule has 2 heteroatoms. The van der Waals surface area contributed by atoms with E-state index in [4.69, 9.17) is 4.74 Å². The largest absolute Gasteiger partial charge is 0.462 e. The van der Waals surface area contributed by atoms with Crippen molar-refractivity contribution in [3.05, 3.63) is 0 Å². The molecule has 0 amide bonds. The monoisotopic (exact) mass is 378 g/mol. The van der Waals surface area contributed by atoms with E-state index in [0.29, 0.717) is 0 Å². The first-order chi connectivity index (χ1) is 13.2. The third-order valence-electron chi connectivity index (χ3n) is 7.17. The predicted octanol–water partition coefficient (Wildman–Crippen LogP) is 7.84. The van der Waals surface area contributed by atoms with Gasteiger partial charge in [0.1, 0.15) is 6.10 Å². The van der Waals surface area contributed by atoms with Crippen LogP contribution in [0, 0.1) is 17.8 Å². The van der Waals surface area contributed by atoms with Crippen LogP contribution in [0.2, 0.25) is 0 Å². The van der Waals surface area contributed by atoms with E-state index in [1.54, 1.807) is 0 Å². The highest BCUT2D eigenvalue weighted by Gasteiger charge is 2.30. The summed E-state index contributed by atoms with van der Waals surface area (Å²) < 4.78 is 5.90. The number of rotatable bonds is 12. The molecule has 2 fully saturated rings. The smallest absolute Gasteiger partial charge is 0.309 e. The van der Waals surface area contributed by atoms with E-state index in [-0.39, 0.29) is 18.0 Å². The Morgan fingerprint density at radius 3 is 1.85 bits per heavy atom. The molecule has 0 heterocycles. The van der Waals surface area contributed by atoms with Gasteiger partial charge in [0.15, 0.2) is 0 Å². The lowest BCUT2D eigenvalue weighted by molar-refractivity contribution is -0.157. The fourth-order valence-corrected chi connectivity index (χ4v) is 5.28. The summed E-state index contributed by atoms with van der Waals surface area (Å²) in [5.41, 5.74) is 0. The van der Waals surface area contributed by atoms with Gasteiger partial charge in [0.25, 0.3) is 0 Å². The number of esters is 1. The van der Waals surface area contributed by atoms with Crippen LogP contribution in [0.4, 0.5) is 0 Å². The van der Waals surface area contributed by atoms with Crippen LogP contribution >= 0.6 is 0 Å². The van der Waals surface area contributed by atoms with Gasteiger partial charge in [-0.15, -0.1) is 0 Å². The molecule has 0 aromatic heterocycles. The van der Waals surface area contributed by atoms with E-state index >= 15 is 0 Å². The van der Waals surface area contributed by atoms with Crippen molar-refractivity contribution < 1.29 is 9.53 Å². The predicted molar refractivity (Wildman–Crippen MR) is 115 cm³/mol. The molecule has 0 spiro atoms. The molecule has 2 rings (SSSR count). The number of hydrogen-bond acceptors (Lipinski definition) is 2. The number of carbonyl (C=O) groups excluding carboxylic acids is 1. The number of hydrogen-bond donors (Lipinski definition) is 0. The van der Waals surface area contributed by atoms with Gasteiger partial charge in [-0.1, -0.05) is 78.1 Å². The Bertz CT molecular complexity index is 376. The van der Waals surface area contributed by atoms with E-state index in [2.05, 4.69) is 13.8 Å². The number of unbranched alkanes of at least 4 members (excludes halogenated alkanes) is 6. The molecule has 0 aromatic carbocycles. The van der Waals surface area contributed by atoms with Gasteiger partial charge in [0.05, 0.1) is 5.92 Å². The maximum atomic E-state index is 12.5. The molecular weight excluding hydrogens is 332 g/mol. The van der Waals surface area contributed by atoms with E-state index in [1.807, 2.05) is 0 Å². The van der Waals surface area contributed by atoms with Crippen molar-refractivity contribution in [3.8, 4) is 0 Å². The van der Waals surface area contributed by atoms with Crippen LogP contribution in [0.5, 0.6) is 0 Å². The molecule has 2 saturated carbocycles. The van der Waals surface area contributed by atoms with Crippen molar-refractivity contribution in [2.24, 2.45) is 17.8 Å². The van der Waals surface area contributed by atoms with Crippen molar-refractivity contribution in [2.75, 3.05) is 0 Å². The lowest BCUT2D eigenvalue weighted by atomic mass is 9.79. The Balaban J connectivity index is 1.51. The molecule has 0 saturated heterocycles. The van der Waals surface area contributed by atoms with Gasteiger partial charge in [-0.05, 0) is 63.2 Å². The van der Waals surface area contributed by atoms with Gasteiger partial charge in [-0.3, -0.25) is 4.79 Å². The number of carbonyl (C=O) groups is 1. The summed E-state index contributed by atoms with van der Waals surface area (Å²) in [7, 11) is 0. The molecular formula is C25H46O2. The summed E-state index contributed by atoms with van der Waals surface area (Å²) in [6, 6.07) is 0. The molecule has 158 valence electrons. The SMILES string of the molecule is CCCCCCCCCC1CCC(C(=O)OC2CCC(CCC)CC2)CC1. The molecule has 0 bridgehead atoms. The molecule has 2 nitrogen and oxygen atoms in total. The Kier molecular flexibility index (Phi) is 11.5. The molecule has 2 aliphatic carbocycles. The molecule has 0 unspecified atom stereocenters. The summed E-state index contributed by atoms with van der Waals surface area (Å²) >= 11 is 0. The molecule has 0 aromatic rings.